The van der Waals surface area contributed by atoms with Crippen molar-refractivity contribution in [3.8, 4) is 0 Å². The van der Waals surface area contributed by atoms with E-state index in [9.17, 15) is 0 Å². The number of aryl methyl sites for hydroxylation is 1. The minimum atomic E-state index is 0.282. The Bertz CT molecular complexity index is 621. The molecule has 4 rings (SSSR count). The van der Waals surface area contributed by atoms with Gasteiger partial charge in [0.2, 0.25) is 0 Å². The quantitative estimate of drug-likeness (QED) is 0.835. The lowest BCUT2D eigenvalue weighted by Gasteiger charge is -2.52. The van der Waals surface area contributed by atoms with E-state index < -0.39 is 0 Å². The van der Waals surface area contributed by atoms with E-state index in [1.54, 1.807) is 0 Å². The second-order valence-corrected chi connectivity index (χ2v) is 6.79. The summed E-state index contributed by atoms with van der Waals surface area (Å²) in [6.07, 6.45) is 4.09. The molecule has 1 saturated heterocycles. The summed E-state index contributed by atoms with van der Waals surface area (Å²) in [5.74, 6) is 2.52. The Morgan fingerprint density at radius 2 is 1.95 bits per heavy atom. The summed E-state index contributed by atoms with van der Waals surface area (Å²) in [5.41, 5.74) is 4.14. The predicted octanol–water partition coefficient (Wildman–Crippen LogP) is 3.15. The third-order valence-corrected chi connectivity index (χ3v) is 5.79. The van der Waals surface area contributed by atoms with Gasteiger partial charge in [-0.2, -0.15) is 0 Å². The molecule has 1 aromatic heterocycles. The lowest BCUT2D eigenvalue weighted by atomic mass is 9.56. The number of nitrogens with zero attached hydrogens (tertiary/aromatic N) is 1. The van der Waals surface area contributed by atoms with Crippen molar-refractivity contribution in [3.63, 3.8) is 0 Å². The maximum Gasteiger partial charge on any atom is 0.104 e. The predicted molar refractivity (Wildman–Crippen MR) is 81.9 cm³/mol. The second-order valence-electron chi connectivity index (χ2n) is 6.79. The van der Waals surface area contributed by atoms with Crippen LogP contribution in [0.4, 0.5) is 0 Å². The number of fused-ring (bicyclic) bond motifs is 3. The van der Waals surface area contributed by atoms with Gasteiger partial charge < -0.3 is 10.3 Å². The molecule has 0 spiro atoms. The van der Waals surface area contributed by atoms with Gasteiger partial charge in [0.25, 0.3) is 0 Å². The molecular formula is C17H23N3. The summed E-state index contributed by atoms with van der Waals surface area (Å²) in [4.78, 5) is 8.18. The molecule has 1 aromatic carbocycles. The van der Waals surface area contributed by atoms with Gasteiger partial charge in [0.05, 0.1) is 11.0 Å². The minimum Gasteiger partial charge on any atom is -0.342 e. The molecule has 2 aromatic rings. The number of H-pyrrole nitrogens is 1. The van der Waals surface area contributed by atoms with Gasteiger partial charge in [-0.3, -0.25) is 0 Å². The van der Waals surface area contributed by atoms with E-state index in [-0.39, 0.29) is 5.41 Å². The van der Waals surface area contributed by atoms with Crippen LogP contribution in [0.15, 0.2) is 18.2 Å². The molecule has 0 radical (unpaired) electrons. The number of benzene rings is 1. The summed E-state index contributed by atoms with van der Waals surface area (Å²) in [7, 11) is 0. The molecule has 1 aliphatic heterocycles. The van der Waals surface area contributed by atoms with E-state index >= 15 is 0 Å². The maximum atomic E-state index is 4.78. The lowest BCUT2D eigenvalue weighted by molar-refractivity contribution is 0.0829. The standard InChI is InChI=1S/C17H23N3/c1-11-19-15-8-4-7-14(16(15)20-11)17(2)12-5-3-6-13(17)10-18-9-12/h4,7-8,12-13,18H,3,5-6,9-10H2,1-2H3,(H,19,20). The molecule has 3 nitrogen and oxygen atoms in total. The summed E-state index contributed by atoms with van der Waals surface area (Å²) >= 11 is 0. The van der Waals surface area contributed by atoms with Crippen LogP contribution >= 0.6 is 0 Å². The number of hydrogen-bond donors (Lipinski definition) is 2. The van der Waals surface area contributed by atoms with Crippen molar-refractivity contribution in [3.05, 3.63) is 29.6 Å². The fourth-order valence-corrected chi connectivity index (χ4v) is 4.63. The largest absolute Gasteiger partial charge is 0.342 e. The van der Waals surface area contributed by atoms with Gasteiger partial charge in [0.15, 0.2) is 0 Å². The van der Waals surface area contributed by atoms with Crippen molar-refractivity contribution in [2.75, 3.05) is 13.1 Å². The number of imidazole rings is 1. The van der Waals surface area contributed by atoms with Crippen LogP contribution < -0.4 is 5.32 Å². The lowest BCUT2D eigenvalue weighted by Crippen LogP contribution is -2.55. The Morgan fingerprint density at radius 1 is 1.20 bits per heavy atom. The Hall–Kier alpha value is -1.35. The molecule has 20 heavy (non-hydrogen) atoms. The SMILES string of the molecule is Cc1nc2c(C3(C)C4CCCC3CNC4)cccc2[nH]1. The summed E-state index contributed by atoms with van der Waals surface area (Å²) in [6.45, 7) is 6.86. The first kappa shape index (κ1) is 12.4. The molecule has 1 saturated carbocycles. The Balaban J connectivity index is 1.92. The van der Waals surface area contributed by atoms with Crippen LogP contribution in [-0.2, 0) is 5.41 Å². The van der Waals surface area contributed by atoms with Crippen molar-refractivity contribution in [1.29, 1.82) is 0 Å². The number of nitrogens with one attached hydrogen (secondary N) is 2. The second kappa shape index (κ2) is 4.32. The first-order valence-corrected chi connectivity index (χ1v) is 7.86. The van der Waals surface area contributed by atoms with E-state index in [1.807, 2.05) is 0 Å². The summed E-state index contributed by atoms with van der Waals surface area (Å²) in [6, 6.07) is 6.66. The molecule has 2 atom stereocenters. The van der Waals surface area contributed by atoms with Crippen LogP contribution in [0, 0.1) is 18.8 Å². The Morgan fingerprint density at radius 3 is 2.70 bits per heavy atom. The topological polar surface area (TPSA) is 40.7 Å². The molecule has 2 aliphatic rings. The minimum absolute atomic E-state index is 0.282. The monoisotopic (exact) mass is 269 g/mol. The smallest absolute Gasteiger partial charge is 0.104 e. The summed E-state index contributed by atoms with van der Waals surface area (Å²) < 4.78 is 0. The van der Waals surface area contributed by atoms with Crippen LogP contribution in [0.3, 0.4) is 0 Å². The van der Waals surface area contributed by atoms with Crippen LogP contribution in [0.2, 0.25) is 0 Å². The van der Waals surface area contributed by atoms with Crippen molar-refractivity contribution >= 4 is 11.0 Å². The van der Waals surface area contributed by atoms with E-state index in [0.717, 1.165) is 30.7 Å². The van der Waals surface area contributed by atoms with Gasteiger partial charge in [-0.05, 0) is 56.3 Å². The summed E-state index contributed by atoms with van der Waals surface area (Å²) in [5, 5.41) is 3.64. The molecule has 2 fully saturated rings. The van der Waals surface area contributed by atoms with E-state index in [2.05, 4.69) is 42.3 Å². The zero-order valence-electron chi connectivity index (χ0n) is 12.4. The molecule has 2 heterocycles. The highest BCUT2D eigenvalue weighted by atomic mass is 14.9. The van der Waals surface area contributed by atoms with Crippen LogP contribution in [0.25, 0.3) is 11.0 Å². The van der Waals surface area contributed by atoms with Gasteiger partial charge in [0, 0.05) is 5.41 Å². The van der Waals surface area contributed by atoms with Crippen molar-refractivity contribution in [2.24, 2.45) is 11.8 Å². The average molecular weight is 269 g/mol. The number of aromatic amines is 1. The van der Waals surface area contributed by atoms with Crippen molar-refractivity contribution in [2.45, 2.75) is 38.5 Å². The normalized spacial score (nSPS) is 33.5. The van der Waals surface area contributed by atoms with Gasteiger partial charge in [-0.1, -0.05) is 25.5 Å². The zero-order valence-corrected chi connectivity index (χ0v) is 12.4. The van der Waals surface area contributed by atoms with Gasteiger partial charge in [-0.25, -0.2) is 4.98 Å². The zero-order chi connectivity index (χ0) is 13.7. The molecular weight excluding hydrogens is 246 g/mol. The van der Waals surface area contributed by atoms with Crippen molar-refractivity contribution in [1.82, 2.24) is 15.3 Å². The Kier molecular flexibility index (Phi) is 2.68. The molecule has 3 heteroatoms. The maximum absolute atomic E-state index is 4.78. The van der Waals surface area contributed by atoms with E-state index in [1.165, 1.54) is 35.9 Å². The number of aromatic nitrogens is 2. The highest BCUT2D eigenvalue weighted by Gasteiger charge is 2.48. The third kappa shape index (κ3) is 1.59. The van der Waals surface area contributed by atoms with Gasteiger partial charge in [-0.15, -0.1) is 0 Å². The Labute approximate surface area is 120 Å². The van der Waals surface area contributed by atoms with Crippen molar-refractivity contribution < 1.29 is 0 Å². The number of para-hydroxylation sites is 1. The molecule has 2 N–H and O–H groups in total. The average Bonchev–Trinajstić information content (AvgIpc) is 2.77. The number of hydrogen-bond acceptors (Lipinski definition) is 2. The van der Waals surface area contributed by atoms with E-state index in [4.69, 9.17) is 4.98 Å². The molecule has 2 unspecified atom stereocenters. The van der Waals surface area contributed by atoms with Gasteiger partial charge in [0.1, 0.15) is 5.82 Å². The molecule has 0 amide bonds. The fraction of sp³-hybridized carbons (Fsp3) is 0.588. The van der Waals surface area contributed by atoms with Crippen LogP contribution in [0.5, 0.6) is 0 Å². The highest BCUT2D eigenvalue weighted by molar-refractivity contribution is 5.80. The molecule has 106 valence electrons. The molecule has 2 bridgehead atoms. The number of rotatable bonds is 1. The molecule has 1 aliphatic carbocycles. The van der Waals surface area contributed by atoms with Gasteiger partial charge >= 0.3 is 0 Å². The first-order chi connectivity index (χ1) is 9.69. The number of piperidine rings is 1. The van der Waals surface area contributed by atoms with Crippen LogP contribution in [0.1, 0.15) is 37.6 Å². The first-order valence-electron chi connectivity index (χ1n) is 7.86. The third-order valence-electron chi connectivity index (χ3n) is 5.79. The fourth-order valence-electron chi connectivity index (χ4n) is 4.63. The van der Waals surface area contributed by atoms with E-state index in [0.29, 0.717) is 0 Å². The highest BCUT2D eigenvalue weighted by Crippen LogP contribution is 2.50. The van der Waals surface area contributed by atoms with Crippen LogP contribution in [-0.4, -0.2) is 23.1 Å².